The van der Waals surface area contributed by atoms with Crippen molar-refractivity contribution in [3.8, 4) is 5.75 Å². The maximum atomic E-state index is 12.6. The topological polar surface area (TPSA) is 40.5 Å². The van der Waals surface area contributed by atoms with E-state index in [4.69, 9.17) is 0 Å². The van der Waals surface area contributed by atoms with Crippen molar-refractivity contribution in [1.29, 1.82) is 0 Å². The van der Waals surface area contributed by atoms with Gasteiger partial charge in [-0.25, -0.2) is 0 Å². The third-order valence-corrected chi connectivity index (χ3v) is 4.37. The van der Waals surface area contributed by atoms with Crippen LogP contribution in [0.2, 0.25) is 0 Å². The third-order valence-electron chi connectivity index (χ3n) is 3.64. The summed E-state index contributed by atoms with van der Waals surface area (Å²) in [6.45, 7) is 2.48. The van der Waals surface area contributed by atoms with Gasteiger partial charge in [0.05, 0.1) is 0 Å². The fourth-order valence-electron chi connectivity index (χ4n) is 2.24. The molecule has 3 rings (SSSR count). The molecule has 0 radical (unpaired) electrons. The first-order chi connectivity index (χ1) is 9.65. The highest BCUT2D eigenvalue weighted by atomic mass is 32.1. The number of thiophene rings is 1. The van der Waals surface area contributed by atoms with Gasteiger partial charge in [0, 0.05) is 18.2 Å². The Bertz CT molecular complexity index is 617. The monoisotopic (exact) mass is 287 g/mol. The first-order valence-electron chi connectivity index (χ1n) is 6.77. The van der Waals surface area contributed by atoms with Crippen molar-refractivity contribution in [3.05, 3.63) is 51.7 Å². The molecule has 1 amide bonds. The molecule has 0 spiro atoms. The van der Waals surface area contributed by atoms with Gasteiger partial charge in [-0.3, -0.25) is 4.79 Å². The molecule has 1 heterocycles. The number of nitrogens with zero attached hydrogens (tertiary/aromatic N) is 1. The van der Waals surface area contributed by atoms with Crippen LogP contribution in [0.3, 0.4) is 0 Å². The predicted molar refractivity (Wildman–Crippen MR) is 80.1 cm³/mol. The van der Waals surface area contributed by atoms with Gasteiger partial charge in [0.25, 0.3) is 5.91 Å². The standard InChI is InChI=1S/C16H17NO2S/c1-11-2-3-13(8-15(11)18)16(19)17(14-4-5-14)9-12-6-7-20-10-12/h2-3,6-8,10,14,18H,4-5,9H2,1H3. The van der Waals surface area contributed by atoms with Crippen LogP contribution in [-0.4, -0.2) is 22.0 Å². The minimum Gasteiger partial charge on any atom is -0.508 e. The summed E-state index contributed by atoms with van der Waals surface area (Å²) in [5, 5.41) is 13.9. The lowest BCUT2D eigenvalue weighted by Gasteiger charge is -2.22. The number of phenols is 1. The van der Waals surface area contributed by atoms with E-state index in [1.165, 1.54) is 5.56 Å². The number of phenolic OH excluding ortho intramolecular Hbond substituents is 1. The number of hydrogen-bond acceptors (Lipinski definition) is 3. The van der Waals surface area contributed by atoms with Crippen LogP contribution in [0.4, 0.5) is 0 Å². The molecule has 4 heteroatoms. The summed E-state index contributed by atoms with van der Waals surface area (Å²) in [5.41, 5.74) is 2.53. The van der Waals surface area contributed by atoms with Crippen molar-refractivity contribution in [2.75, 3.05) is 0 Å². The van der Waals surface area contributed by atoms with Crippen molar-refractivity contribution in [2.45, 2.75) is 32.4 Å². The van der Waals surface area contributed by atoms with E-state index < -0.39 is 0 Å². The maximum absolute atomic E-state index is 12.6. The summed E-state index contributed by atoms with van der Waals surface area (Å²) >= 11 is 1.65. The molecule has 0 aliphatic heterocycles. The van der Waals surface area contributed by atoms with Gasteiger partial charge in [0.1, 0.15) is 5.75 Å². The van der Waals surface area contributed by atoms with Crippen LogP contribution in [0.1, 0.15) is 34.3 Å². The van der Waals surface area contributed by atoms with Gasteiger partial charge < -0.3 is 10.0 Å². The minimum atomic E-state index is 0.00833. The second kappa shape index (κ2) is 5.29. The fraction of sp³-hybridized carbons (Fsp3) is 0.312. The van der Waals surface area contributed by atoms with Crippen LogP contribution < -0.4 is 0 Å². The number of benzene rings is 1. The molecule has 1 saturated carbocycles. The zero-order valence-corrected chi connectivity index (χ0v) is 12.2. The van der Waals surface area contributed by atoms with Crippen molar-refractivity contribution in [1.82, 2.24) is 4.90 Å². The average Bonchev–Trinajstić information content (AvgIpc) is 3.15. The summed E-state index contributed by atoms with van der Waals surface area (Å²) in [4.78, 5) is 14.6. The molecule has 1 aliphatic rings. The van der Waals surface area contributed by atoms with Gasteiger partial charge in [-0.15, -0.1) is 0 Å². The molecule has 1 aromatic heterocycles. The minimum absolute atomic E-state index is 0.00833. The molecule has 0 unspecified atom stereocenters. The van der Waals surface area contributed by atoms with Crippen LogP contribution in [0, 0.1) is 6.92 Å². The lowest BCUT2D eigenvalue weighted by Crippen LogP contribution is -2.32. The Morgan fingerprint density at radius 2 is 2.20 bits per heavy atom. The second-order valence-electron chi connectivity index (χ2n) is 5.30. The molecule has 1 aromatic carbocycles. The zero-order chi connectivity index (χ0) is 14.1. The smallest absolute Gasteiger partial charge is 0.254 e. The van der Waals surface area contributed by atoms with Crippen molar-refractivity contribution in [2.24, 2.45) is 0 Å². The lowest BCUT2D eigenvalue weighted by molar-refractivity contribution is 0.0729. The molecular weight excluding hydrogens is 270 g/mol. The van der Waals surface area contributed by atoms with Crippen LogP contribution in [0.25, 0.3) is 0 Å². The third kappa shape index (κ3) is 2.70. The van der Waals surface area contributed by atoms with E-state index in [0.717, 1.165) is 18.4 Å². The number of rotatable bonds is 4. The molecule has 104 valence electrons. The molecule has 2 aromatic rings. The molecule has 1 aliphatic carbocycles. The Balaban J connectivity index is 1.83. The number of aromatic hydroxyl groups is 1. The molecule has 20 heavy (non-hydrogen) atoms. The first-order valence-corrected chi connectivity index (χ1v) is 7.71. The molecule has 0 bridgehead atoms. The van der Waals surface area contributed by atoms with Crippen LogP contribution in [0.5, 0.6) is 5.75 Å². The molecule has 1 N–H and O–H groups in total. The largest absolute Gasteiger partial charge is 0.508 e. The molecule has 1 fully saturated rings. The summed E-state index contributed by atoms with van der Waals surface area (Å²) in [5.74, 6) is 0.191. The predicted octanol–water partition coefficient (Wildman–Crippen LogP) is 3.57. The highest BCUT2D eigenvalue weighted by Gasteiger charge is 2.33. The Kier molecular flexibility index (Phi) is 3.49. The van der Waals surface area contributed by atoms with E-state index in [2.05, 4.69) is 11.4 Å². The van der Waals surface area contributed by atoms with Crippen molar-refractivity contribution in [3.63, 3.8) is 0 Å². The van der Waals surface area contributed by atoms with Crippen LogP contribution >= 0.6 is 11.3 Å². The molecule has 0 saturated heterocycles. The Morgan fingerprint density at radius 3 is 2.80 bits per heavy atom. The van der Waals surface area contributed by atoms with Gasteiger partial charge in [0.2, 0.25) is 0 Å². The van der Waals surface area contributed by atoms with Crippen molar-refractivity contribution < 1.29 is 9.90 Å². The number of amides is 1. The Labute approximate surface area is 122 Å². The fourth-order valence-corrected chi connectivity index (χ4v) is 2.90. The summed E-state index contributed by atoms with van der Waals surface area (Å²) < 4.78 is 0. The normalized spacial score (nSPS) is 14.2. The lowest BCUT2D eigenvalue weighted by atomic mass is 10.1. The van der Waals surface area contributed by atoms with Gasteiger partial charge in [-0.2, -0.15) is 11.3 Å². The highest BCUT2D eigenvalue weighted by molar-refractivity contribution is 7.07. The zero-order valence-electron chi connectivity index (χ0n) is 11.4. The molecular formula is C16H17NO2S. The van der Waals surface area contributed by atoms with Gasteiger partial charge in [-0.05, 0) is 59.9 Å². The van der Waals surface area contributed by atoms with Crippen molar-refractivity contribution >= 4 is 17.2 Å². The average molecular weight is 287 g/mol. The number of carbonyl (C=O) groups excluding carboxylic acids is 1. The Morgan fingerprint density at radius 1 is 1.40 bits per heavy atom. The summed E-state index contributed by atoms with van der Waals surface area (Å²) in [6.07, 6.45) is 2.15. The van der Waals surface area contributed by atoms with Crippen LogP contribution in [0.15, 0.2) is 35.0 Å². The Hall–Kier alpha value is -1.81. The van der Waals surface area contributed by atoms with Gasteiger partial charge in [-0.1, -0.05) is 6.07 Å². The van der Waals surface area contributed by atoms with E-state index in [1.807, 2.05) is 17.2 Å². The van der Waals surface area contributed by atoms with E-state index in [1.54, 1.807) is 29.5 Å². The quantitative estimate of drug-likeness (QED) is 0.934. The van der Waals surface area contributed by atoms with Gasteiger partial charge in [0.15, 0.2) is 0 Å². The molecule has 0 atom stereocenters. The summed E-state index contributed by atoms with van der Waals surface area (Å²) in [6, 6.07) is 7.56. The summed E-state index contributed by atoms with van der Waals surface area (Å²) in [7, 11) is 0. The first kappa shape index (κ1) is 13.2. The number of hydrogen-bond donors (Lipinski definition) is 1. The SMILES string of the molecule is Cc1ccc(C(=O)N(Cc2ccsc2)C2CC2)cc1O. The second-order valence-corrected chi connectivity index (χ2v) is 6.08. The number of aryl methyl sites for hydroxylation is 1. The highest BCUT2D eigenvalue weighted by Crippen LogP contribution is 2.31. The van der Waals surface area contributed by atoms with E-state index >= 15 is 0 Å². The van der Waals surface area contributed by atoms with E-state index in [-0.39, 0.29) is 11.7 Å². The molecule has 3 nitrogen and oxygen atoms in total. The maximum Gasteiger partial charge on any atom is 0.254 e. The van der Waals surface area contributed by atoms with E-state index in [9.17, 15) is 9.90 Å². The van der Waals surface area contributed by atoms with E-state index in [0.29, 0.717) is 18.2 Å². The van der Waals surface area contributed by atoms with Crippen LogP contribution in [-0.2, 0) is 6.54 Å². The number of carbonyl (C=O) groups is 1. The van der Waals surface area contributed by atoms with Gasteiger partial charge >= 0.3 is 0 Å².